The van der Waals surface area contributed by atoms with Crippen molar-refractivity contribution in [3.05, 3.63) is 52.7 Å². The second-order valence-corrected chi connectivity index (χ2v) is 7.32. The molecule has 0 bridgehead atoms. The van der Waals surface area contributed by atoms with Crippen LogP contribution in [-0.4, -0.2) is 72.5 Å². The number of ether oxygens (including phenoxy) is 1. The van der Waals surface area contributed by atoms with Crippen LogP contribution in [0.15, 0.2) is 24.3 Å². The predicted octanol–water partition coefficient (Wildman–Crippen LogP) is 1.95. The zero-order valence-corrected chi connectivity index (χ0v) is 16.9. The van der Waals surface area contributed by atoms with Gasteiger partial charge < -0.3 is 14.7 Å². The number of halogens is 1. The Bertz CT molecular complexity index is 794. The van der Waals surface area contributed by atoms with Crippen molar-refractivity contribution in [2.24, 2.45) is 0 Å². The molecular formula is C21H29FN4O2. The van der Waals surface area contributed by atoms with Gasteiger partial charge in [0, 0.05) is 57.5 Å². The Labute approximate surface area is 166 Å². The van der Waals surface area contributed by atoms with Gasteiger partial charge in [-0.1, -0.05) is 18.2 Å². The first kappa shape index (κ1) is 20.6. The minimum atomic E-state index is -0.475. The average molecular weight is 388 g/mol. The predicted molar refractivity (Wildman–Crippen MR) is 107 cm³/mol. The van der Waals surface area contributed by atoms with E-state index in [1.165, 1.54) is 6.07 Å². The van der Waals surface area contributed by atoms with Crippen LogP contribution in [-0.2, 0) is 11.2 Å². The molecule has 1 aliphatic rings. The molecule has 0 radical (unpaired) electrons. The van der Waals surface area contributed by atoms with Crippen molar-refractivity contribution in [2.75, 3.05) is 51.3 Å². The number of methoxy groups -OCH3 is 1. The van der Waals surface area contributed by atoms with Crippen LogP contribution >= 0.6 is 0 Å². The lowest BCUT2D eigenvalue weighted by atomic mass is 10.0. The molecule has 0 saturated carbocycles. The van der Waals surface area contributed by atoms with Crippen molar-refractivity contribution in [1.29, 1.82) is 0 Å². The fraction of sp³-hybridized carbons (Fsp3) is 0.524. The number of hydrogen-bond acceptors (Lipinski definition) is 6. The first-order valence-corrected chi connectivity index (χ1v) is 9.69. The highest BCUT2D eigenvalue weighted by Crippen LogP contribution is 2.26. The molecule has 2 aromatic rings. The summed E-state index contributed by atoms with van der Waals surface area (Å²) in [5.74, 6) is 1.42. The molecule has 28 heavy (non-hydrogen) atoms. The van der Waals surface area contributed by atoms with Crippen molar-refractivity contribution < 1.29 is 14.2 Å². The summed E-state index contributed by atoms with van der Waals surface area (Å²) < 4.78 is 19.2. The number of aliphatic hydroxyl groups excluding tert-OH is 1. The molecule has 1 aromatic heterocycles. The van der Waals surface area contributed by atoms with Crippen LogP contribution in [0.5, 0.6) is 0 Å². The fourth-order valence-corrected chi connectivity index (χ4v) is 3.70. The van der Waals surface area contributed by atoms with E-state index < -0.39 is 6.10 Å². The molecule has 0 spiro atoms. The molecule has 1 atom stereocenters. The maximum absolute atomic E-state index is 14.2. The number of nitrogens with zero attached hydrogens (tertiary/aromatic N) is 4. The topological polar surface area (TPSA) is 61.7 Å². The van der Waals surface area contributed by atoms with Crippen LogP contribution in [0, 0.1) is 19.7 Å². The van der Waals surface area contributed by atoms with E-state index in [0.717, 1.165) is 49.1 Å². The molecule has 0 aliphatic carbocycles. The Balaban J connectivity index is 1.76. The molecule has 1 fully saturated rings. The van der Waals surface area contributed by atoms with Gasteiger partial charge in [0.15, 0.2) is 0 Å². The number of aliphatic hydroxyl groups is 1. The number of aromatic nitrogens is 2. The van der Waals surface area contributed by atoms with E-state index in [4.69, 9.17) is 9.72 Å². The third-order valence-electron chi connectivity index (χ3n) is 5.13. The van der Waals surface area contributed by atoms with E-state index in [1.54, 1.807) is 13.2 Å². The van der Waals surface area contributed by atoms with Crippen LogP contribution in [0.25, 0.3) is 0 Å². The van der Waals surface area contributed by atoms with Crippen molar-refractivity contribution >= 4 is 5.82 Å². The summed E-state index contributed by atoms with van der Waals surface area (Å²) in [6.07, 6.45) is -0.00217. The fourth-order valence-electron chi connectivity index (χ4n) is 3.70. The summed E-state index contributed by atoms with van der Waals surface area (Å²) in [4.78, 5) is 13.7. The molecule has 0 amide bonds. The quantitative estimate of drug-likeness (QED) is 0.782. The standard InChI is InChI=1S/C21H29FN4O2/c1-15-19(12-17-6-4-5-7-20(17)22)21(24-16(2)23-15)26-10-8-25(9-11-26)13-18(27)14-28-3/h4-7,18,27H,8-14H2,1-3H3. The largest absolute Gasteiger partial charge is 0.389 e. The number of benzene rings is 1. The highest BCUT2D eigenvalue weighted by atomic mass is 19.1. The molecule has 1 aliphatic heterocycles. The summed E-state index contributed by atoms with van der Waals surface area (Å²) in [6, 6.07) is 6.86. The van der Waals surface area contributed by atoms with Gasteiger partial charge in [-0.05, 0) is 25.5 Å². The zero-order valence-electron chi connectivity index (χ0n) is 16.9. The van der Waals surface area contributed by atoms with Crippen molar-refractivity contribution in [2.45, 2.75) is 26.4 Å². The second-order valence-electron chi connectivity index (χ2n) is 7.32. The van der Waals surface area contributed by atoms with Crippen LogP contribution in [0.4, 0.5) is 10.2 Å². The maximum atomic E-state index is 14.2. The highest BCUT2D eigenvalue weighted by Gasteiger charge is 2.24. The van der Waals surface area contributed by atoms with Gasteiger partial charge in [-0.25, -0.2) is 14.4 Å². The lowest BCUT2D eigenvalue weighted by Gasteiger charge is -2.37. The lowest BCUT2D eigenvalue weighted by Crippen LogP contribution is -2.49. The van der Waals surface area contributed by atoms with Gasteiger partial charge in [-0.3, -0.25) is 4.90 Å². The van der Waals surface area contributed by atoms with Crippen molar-refractivity contribution in [3.63, 3.8) is 0 Å². The Kier molecular flexibility index (Phi) is 6.93. The minimum absolute atomic E-state index is 0.203. The molecule has 152 valence electrons. The maximum Gasteiger partial charge on any atom is 0.136 e. The summed E-state index contributed by atoms with van der Waals surface area (Å²) in [5, 5.41) is 9.95. The normalized spacial score (nSPS) is 16.4. The molecule has 1 unspecified atom stereocenters. The zero-order chi connectivity index (χ0) is 20.1. The molecule has 1 saturated heterocycles. The summed E-state index contributed by atoms with van der Waals surface area (Å²) in [6.45, 7) is 8.08. The van der Waals surface area contributed by atoms with Gasteiger partial charge in [-0.15, -0.1) is 0 Å². The minimum Gasteiger partial charge on any atom is -0.389 e. The van der Waals surface area contributed by atoms with E-state index in [9.17, 15) is 9.50 Å². The SMILES string of the molecule is COCC(O)CN1CCN(c2nc(C)nc(C)c2Cc2ccccc2F)CC1. The third kappa shape index (κ3) is 5.04. The lowest BCUT2D eigenvalue weighted by molar-refractivity contribution is 0.0365. The first-order chi connectivity index (χ1) is 13.5. The van der Waals surface area contributed by atoms with Crippen molar-refractivity contribution in [3.8, 4) is 0 Å². The highest BCUT2D eigenvalue weighted by molar-refractivity contribution is 5.51. The van der Waals surface area contributed by atoms with Crippen molar-refractivity contribution in [1.82, 2.24) is 14.9 Å². The number of β-amino-alcohol motifs (C(OH)–C–C–N with tert-alkyl or cyclic N) is 1. The summed E-state index contributed by atoms with van der Waals surface area (Å²) in [5.41, 5.74) is 2.52. The molecule has 7 heteroatoms. The van der Waals surface area contributed by atoms with E-state index in [-0.39, 0.29) is 5.82 Å². The molecule has 1 N–H and O–H groups in total. The Morgan fingerprint density at radius 1 is 1.14 bits per heavy atom. The molecule has 3 rings (SSSR count). The van der Waals surface area contributed by atoms with E-state index in [1.807, 2.05) is 26.0 Å². The van der Waals surface area contributed by atoms with Gasteiger partial charge in [0.05, 0.1) is 12.7 Å². The summed E-state index contributed by atoms with van der Waals surface area (Å²) in [7, 11) is 1.60. The molecule has 1 aromatic carbocycles. The molecule has 2 heterocycles. The van der Waals surface area contributed by atoms with Gasteiger partial charge in [0.1, 0.15) is 17.5 Å². The number of hydrogen-bond donors (Lipinski definition) is 1. The van der Waals surface area contributed by atoms with E-state index >= 15 is 0 Å². The van der Waals surface area contributed by atoms with Gasteiger partial charge in [0.25, 0.3) is 0 Å². The van der Waals surface area contributed by atoms with Crippen LogP contribution in [0.2, 0.25) is 0 Å². The van der Waals surface area contributed by atoms with Gasteiger partial charge in [0.2, 0.25) is 0 Å². The van der Waals surface area contributed by atoms with Crippen LogP contribution < -0.4 is 4.90 Å². The van der Waals surface area contributed by atoms with Crippen LogP contribution in [0.1, 0.15) is 22.6 Å². The summed E-state index contributed by atoms with van der Waals surface area (Å²) >= 11 is 0. The number of anilines is 1. The van der Waals surface area contributed by atoms with Gasteiger partial charge >= 0.3 is 0 Å². The van der Waals surface area contributed by atoms with E-state index in [2.05, 4.69) is 14.8 Å². The Morgan fingerprint density at radius 3 is 2.54 bits per heavy atom. The molecular weight excluding hydrogens is 359 g/mol. The van der Waals surface area contributed by atoms with Crippen LogP contribution in [0.3, 0.4) is 0 Å². The third-order valence-corrected chi connectivity index (χ3v) is 5.13. The Morgan fingerprint density at radius 2 is 1.86 bits per heavy atom. The number of rotatable bonds is 7. The average Bonchev–Trinajstić information content (AvgIpc) is 2.66. The Hall–Kier alpha value is -2.09. The smallest absolute Gasteiger partial charge is 0.136 e. The number of piperazine rings is 1. The van der Waals surface area contributed by atoms with Gasteiger partial charge in [-0.2, -0.15) is 0 Å². The molecule has 6 nitrogen and oxygen atoms in total. The van der Waals surface area contributed by atoms with E-state index in [0.29, 0.717) is 25.1 Å². The second kappa shape index (κ2) is 9.41. The monoisotopic (exact) mass is 388 g/mol. The first-order valence-electron chi connectivity index (χ1n) is 9.69. The number of aryl methyl sites for hydroxylation is 2.